The van der Waals surface area contributed by atoms with Gasteiger partial charge in [-0.05, 0) is 26.1 Å². The fraction of sp³-hybridized carbons (Fsp3) is 0.571. The summed E-state index contributed by atoms with van der Waals surface area (Å²) in [5.41, 5.74) is 5.38. The number of nitrogens with zero attached hydrogens (tertiary/aromatic N) is 2. The Morgan fingerprint density at radius 2 is 2.28 bits per heavy atom. The molecule has 0 spiro atoms. The van der Waals surface area contributed by atoms with Crippen molar-refractivity contribution in [2.75, 3.05) is 33.2 Å². The minimum Gasteiger partial charge on any atom is -0.320 e. The molecule has 2 N–H and O–H groups in total. The predicted molar refractivity (Wildman–Crippen MR) is 77.6 cm³/mol. The Morgan fingerprint density at radius 3 is 3.00 bits per heavy atom. The lowest BCUT2D eigenvalue weighted by Gasteiger charge is -2.37. The summed E-state index contributed by atoms with van der Waals surface area (Å²) in [6.07, 6.45) is 0. The molecule has 0 aromatic carbocycles. The number of piperazine rings is 1. The molecule has 0 amide bonds. The van der Waals surface area contributed by atoms with Crippen molar-refractivity contribution in [1.29, 1.82) is 0 Å². The fourth-order valence-electron chi connectivity index (χ4n) is 2.16. The molecule has 98 valence electrons. The average molecular weight is 263 g/mol. The van der Waals surface area contributed by atoms with Gasteiger partial charge in [-0.3, -0.25) is 4.90 Å². The van der Waals surface area contributed by atoms with Gasteiger partial charge in [-0.25, -0.2) is 0 Å². The first-order valence-electron chi connectivity index (χ1n) is 6.39. The van der Waals surface area contributed by atoms with E-state index in [9.17, 15) is 0 Å². The molecule has 1 fully saturated rings. The maximum absolute atomic E-state index is 5.38. The molecular weight excluding hydrogens is 242 g/mol. The largest absolute Gasteiger partial charge is 0.320 e. The van der Waals surface area contributed by atoms with Crippen LogP contribution < -0.4 is 5.73 Å². The summed E-state index contributed by atoms with van der Waals surface area (Å²) in [5, 5.41) is 0. The number of thiophene rings is 1. The number of hydrogen-bond donors (Lipinski definition) is 1. The molecule has 3 nitrogen and oxygen atoms in total. The van der Waals surface area contributed by atoms with Crippen LogP contribution in [0.1, 0.15) is 16.7 Å². The smallest absolute Gasteiger partial charge is 0.0772 e. The Balaban J connectivity index is 1.91. The van der Waals surface area contributed by atoms with Crippen molar-refractivity contribution < 1.29 is 0 Å². The minimum absolute atomic E-state index is 0.434. The van der Waals surface area contributed by atoms with E-state index in [1.54, 1.807) is 11.3 Å². The second-order valence-electron chi connectivity index (χ2n) is 4.84. The lowest BCUT2D eigenvalue weighted by Crippen LogP contribution is -2.49. The van der Waals surface area contributed by atoms with Gasteiger partial charge in [-0.15, -0.1) is 11.3 Å². The van der Waals surface area contributed by atoms with E-state index in [1.165, 1.54) is 4.88 Å². The summed E-state index contributed by atoms with van der Waals surface area (Å²) in [4.78, 5) is 7.46. The Morgan fingerprint density at radius 1 is 1.44 bits per heavy atom. The van der Waals surface area contributed by atoms with Gasteiger partial charge in [0.15, 0.2) is 0 Å². The van der Waals surface area contributed by atoms with Gasteiger partial charge in [0.05, 0.1) is 11.4 Å². The summed E-state index contributed by atoms with van der Waals surface area (Å²) in [6, 6.07) is 4.94. The highest BCUT2D eigenvalue weighted by Crippen LogP contribution is 2.19. The lowest BCUT2D eigenvalue weighted by molar-refractivity contribution is 0.101. The van der Waals surface area contributed by atoms with Crippen molar-refractivity contribution in [1.82, 2.24) is 9.80 Å². The van der Waals surface area contributed by atoms with E-state index in [0.29, 0.717) is 12.6 Å². The van der Waals surface area contributed by atoms with E-state index in [4.69, 9.17) is 5.73 Å². The van der Waals surface area contributed by atoms with Crippen LogP contribution >= 0.6 is 11.3 Å². The Labute approximate surface area is 114 Å². The third-order valence-electron chi connectivity index (χ3n) is 3.40. The molecular formula is C14H21N3S. The Hall–Kier alpha value is -0.860. The van der Waals surface area contributed by atoms with Crippen LogP contribution in [-0.4, -0.2) is 49.1 Å². The molecule has 0 aliphatic carbocycles. The van der Waals surface area contributed by atoms with Crippen molar-refractivity contribution in [3.05, 3.63) is 21.9 Å². The predicted octanol–water partition coefficient (Wildman–Crippen LogP) is 1.19. The van der Waals surface area contributed by atoms with E-state index in [0.717, 1.165) is 31.1 Å². The lowest BCUT2D eigenvalue weighted by atomic mass is 10.2. The highest BCUT2D eigenvalue weighted by atomic mass is 32.1. The molecule has 18 heavy (non-hydrogen) atoms. The molecule has 0 bridgehead atoms. The minimum atomic E-state index is 0.434. The van der Waals surface area contributed by atoms with Gasteiger partial charge in [0, 0.05) is 37.1 Å². The van der Waals surface area contributed by atoms with E-state index in [1.807, 2.05) is 0 Å². The first-order valence-corrected chi connectivity index (χ1v) is 7.21. The van der Waals surface area contributed by atoms with Crippen LogP contribution in [0.3, 0.4) is 0 Å². The molecule has 0 radical (unpaired) electrons. The quantitative estimate of drug-likeness (QED) is 0.814. The Kier molecular flexibility index (Phi) is 4.79. The van der Waals surface area contributed by atoms with Crippen molar-refractivity contribution >= 4 is 11.3 Å². The standard InChI is InChI=1S/C14H21N3S/c1-12-10-17(9-8-16(12)2)11-14-6-5-13(18-14)4-3-7-15/h5-6,12H,7-11,15H2,1-2H3. The first kappa shape index (κ1) is 13.6. The molecule has 1 atom stereocenters. The van der Waals surface area contributed by atoms with Gasteiger partial charge >= 0.3 is 0 Å². The van der Waals surface area contributed by atoms with Crippen LogP contribution in [0.2, 0.25) is 0 Å². The molecule has 1 saturated heterocycles. The summed E-state index contributed by atoms with van der Waals surface area (Å²) in [6.45, 7) is 7.24. The highest BCUT2D eigenvalue weighted by Gasteiger charge is 2.20. The van der Waals surface area contributed by atoms with Gasteiger partial charge < -0.3 is 10.6 Å². The van der Waals surface area contributed by atoms with Crippen LogP contribution in [0.25, 0.3) is 0 Å². The fourth-order valence-corrected chi connectivity index (χ4v) is 3.08. The Bertz CT molecular complexity index is 443. The molecule has 1 aliphatic rings. The van der Waals surface area contributed by atoms with E-state index >= 15 is 0 Å². The van der Waals surface area contributed by atoms with Crippen molar-refractivity contribution in [2.45, 2.75) is 19.5 Å². The third kappa shape index (κ3) is 3.56. The maximum Gasteiger partial charge on any atom is 0.0772 e. The van der Waals surface area contributed by atoms with Gasteiger partial charge in [-0.1, -0.05) is 11.8 Å². The van der Waals surface area contributed by atoms with Crippen LogP contribution in [0, 0.1) is 11.8 Å². The SMILES string of the molecule is CC1CN(Cc2ccc(C#CCN)s2)CCN1C. The molecule has 1 unspecified atom stereocenters. The monoisotopic (exact) mass is 263 g/mol. The molecule has 4 heteroatoms. The molecule has 2 heterocycles. The first-order chi connectivity index (χ1) is 8.69. The second kappa shape index (κ2) is 6.35. The van der Waals surface area contributed by atoms with E-state index in [-0.39, 0.29) is 0 Å². The van der Waals surface area contributed by atoms with Gasteiger partial charge in [0.2, 0.25) is 0 Å². The van der Waals surface area contributed by atoms with Crippen molar-refractivity contribution in [3.63, 3.8) is 0 Å². The van der Waals surface area contributed by atoms with Gasteiger partial charge in [-0.2, -0.15) is 0 Å². The zero-order valence-corrected chi connectivity index (χ0v) is 12.0. The summed E-state index contributed by atoms with van der Waals surface area (Å²) < 4.78 is 0. The van der Waals surface area contributed by atoms with Crippen LogP contribution in [0.4, 0.5) is 0 Å². The molecule has 2 rings (SSSR count). The van der Waals surface area contributed by atoms with Crippen molar-refractivity contribution in [3.8, 4) is 11.8 Å². The van der Waals surface area contributed by atoms with Gasteiger partial charge in [0.1, 0.15) is 0 Å². The molecule has 1 aliphatic heterocycles. The van der Waals surface area contributed by atoms with Crippen molar-refractivity contribution in [2.24, 2.45) is 5.73 Å². The number of nitrogens with two attached hydrogens (primary N) is 1. The molecule has 1 aromatic heterocycles. The summed E-state index contributed by atoms with van der Waals surface area (Å²) in [7, 11) is 2.20. The maximum atomic E-state index is 5.38. The molecule has 1 aromatic rings. The molecule has 0 saturated carbocycles. The van der Waals surface area contributed by atoms with E-state index in [2.05, 4.69) is 47.7 Å². The van der Waals surface area contributed by atoms with Crippen LogP contribution in [0.5, 0.6) is 0 Å². The third-order valence-corrected chi connectivity index (χ3v) is 4.38. The van der Waals surface area contributed by atoms with Crippen LogP contribution in [-0.2, 0) is 6.54 Å². The normalized spacial score (nSPS) is 21.6. The zero-order chi connectivity index (χ0) is 13.0. The average Bonchev–Trinajstić information content (AvgIpc) is 2.79. The number of rotatable bonds is 2. The number of likely N-dealkylation sites (N-methyl/N-ethyl adjacent to an activating group) is 1. The summed E-state index contributed by atoms with van der Waals surface area (Å²) >= 11 is 1.78. The number of hydrogen-bond acceptors (Lipinski definition) is 4. The van der Waals surface area contributed by atoms with Crippen LogP contribution in [0.15, 0.2) is 12.1 Å². The topological polar surface area (TPSA) is 32.5 Å². The summed E-state index contributed by atoms with van der Waals surface area (Å²) in [5.74, 6) is 6.00. The van der Waals surface area contributed by atoms with E-state index < -0.39 is 0 Å². The highest BCUT2D eigenvalue weighted by molar-refractivity contribution is 7.12. The zero-order valence-electron chi connectivity index (χ0n) is 11.1. The second-order valence-corrected chi connectivity index (χ2v) is 6.00. The van der Waals surface area contributed by atoms with Gasteiger partial charge in [0.25, 0.3) is 0 Å².